The fraction of sp³-hybridized carbons (Fsp3) is 0.737. The van der Waals surface area contributed by atoms with Crippen molar-refractivity contribution in [2.75, 3.05) is 26.2 Å². The highest BCUT2D eigenvalue weighted by atomic mass is 16.2. The number of aromatic nitrogens is 6. The van der Waals surface area contributed by atoms with E-state index in [1.54, 1.807) is 6.20 Å². The number of carbonyl (C=O) groups is 1. The molecule has 0 saturated carbocycles. The van der Waals surface area contributed by atoms with Crippen molar-refractivity contribution in [3.63, 3.8) is 0 Å². The summed E-state index contributed by atoms with van der Waals surface area (Å²) >= 11 is 0. The summed E-state index contributed by atoms with van der Waals surface area (Å²) in [7, 11) is 0. The Hall–Kier alpha value is -2.29. The third-order valence-corrected chi connectivity index (χ3v) is 5.50. The highest BCUT2D eigenvalue weighted by molar-refractivity contribution is 5.76. The molecule has 3 heterocycles. The fourth-order valence-electron chi connectivity index (χ4n) is 3.58. The maximum atomic E-state index is 12.5. The molecule has 0 aromatic carbocycles. The molecule has 2 aromatic rings. The van der Waals surface area contributed by atoms with Crippen LogP contribution in [0, 0.1) is 5.92 Å². The molecule has 0 N–H and O–H groups in total. The molecule has 9 nitrogen and oxygen atoms in total. The predicted octanol–water partition coefficient (Wildman–Crippen LogP) is 1.43. The lowest BCUT2D eigenvalue weighted by molar-refractivity contribution is -0.131. The Labute approximate surface area is 166 Å². The second-order valence-electron chi connectivity index (χ2n) is 7.62. The molecule has 28 heavy (non-hydrogen) atoms. The smallest absolute Gasteiger partial charge is 0.222 e. The van der Waals surface area contributed by atoms with Crippen molar-refractivity contribution < 1.29 is 4.79 Å². The molecule has 154 valence electrons. The van der Waals surface area contributed by atoms with Crippen molar-refractivity contribution in [1.29, 1.82) is 0 Å². The average molecular weight is 389 g/mol. The minimum Gasteiger partial charge on any atom is -0.341 e. The number of likely N-dealkylation sites (N-methyl/N-ethyl adjacent to an activating group) is 1. The quantitative estimate of drug-likeness (QED) is 0.612. The van der Waals surface area contributed by atoms with E-state index >= 15 is 0 Å². The van der Waals surface area contributed by atoms with Crippen LogP contribution in [0.5, 0.6) is 0 Å². The van der Waals surface area contributed by atoms with Gasteiger partial charge in [-0.3, -0.25) is 14.4 Å². The van der Waals surface area contributed by atoms with Crippen molar-refractivity contribution in [2.24, 2.45) is 5.92 Å². The molecule has 0 bridgehead atoms. The molecule has 1 aliphatic rings. The van der Waals surface area contributed by atoms with Gasteiger partial charge in [-0.1, -0.05) is 6.92 Å². The van der Waals surface area contributed by atoms with Crippen LogP contribution in [-0.2, 0) is 24.4 Å². The number of aryl methyl sites for hydroxylation is 1. The van der Waals surface area contributed by atoms with Crippen LogP contribution in [0.4, 0.5) is 0 Å². The summed E-state index contributed by atoms with van der Waals surface area (Å²) in [6.45, 7) is 10.1. The second kappa shape index (κ2) is 10.3. The monoisotopic (exact) mass is 388 g/mol. The van der Waals surface area contributed by atoms with Gasteiger partial charge in [0.1, 0.15) is 0 Å². The maximum Gasteiger partial charge on any atom is 0.222 e. The lowest BCUT2D eigenvalue weighted by Gasteiger charge is -2.29. The van der Waals surface area contributed by atoms with Crippen LogP contribution in [-0.4, -0.2) is 71.9 Å². The third kappa shape index (κ3) is 5.85. The molecule has 1 saturated heterocycles. The zero-order valence-electron chi connectivity index (χ0n) is 17.1. The Morgan fingerprint density at radius 2 is 2.11 bits per heavy atom. The van der Waals surface area contributed by atoms with Crippen LogP contribution < -0.4 is 0 Å². The van der Waals surface area contributed by atoms with E-state index < -0.39 is 0 Å². The Kier molecular flexibility index (Phi) is 7.53. The standard InChI is InChI=1S/C19H32N8O/c1-3-25(14-15-26-10-5-9-20-26)19(28)6-4-11-27-18(21-22-23-27)16-24-12-7-17(2)8-13-24/h5,9-10,17H,3-4,6-8,11-16H2,1-2H3. The van der Waals surface area contributed by atoms with Gasteiger partial charge in [0.2, 0.25) is 5.91 Å². The van der Waals surface area contributed by atoms with Crippen LogP contribution in [0.3, 0.4) is 0 Å². The highest BCUT2D eigenvalue weighted by Crippen LogP contribution is 2.17. The van der Waals surface area contributed by atoms with Gasteiger partial charge in [-0.2, -0.15) is 5.10 Å². The summed E-state index contributed by atoms with van der Waals surface area (Å²) in [5, 5.41) is 16.3. The molecule has 0 radical (unpaired) electrons. The number of carbonyl (C=O) groups excluding carboxylic acids is 1. The first-order chi connectivity index (χ1) is 13.7. The Bertz CT molecular complexity index is 705. The zero-order chi connectivity index (χ0) is 19.8. The first-order valence-electron chi connectivity index (χ1n) is 10.4. The van der Waals surface area contributed by atoms with Crippen LogP contribution in [0.1, 0.15) is 45.4 Å². The van der Waals surface area contributed by atoms with E-state index in [4.69, 9.17) is 0 Å². The van der Waals surface area contributed by atoms with Gasteiger partial charge >= 0.3 is 0 Å². The van der Waals surface area contributed by atoms with Crippen molar-refractivity contribution in [3.05, 3.63) is 24.3 Å². The summed E-state index contributed by atoms with van der Waals surface area (Å²) in [5.74, 6) is 1.88. The topological polar surface area (TPSA) is 85.0 Å². The van der Waals surface area contributed by atoms with Gasteiger partial charge in [0.15, 0.2) is 5.82 Å². The van der Waals surface area contributed by atoms with Gasteiger partial charge in [-0.05, 0) is 61.7 Å². The van der Waals surface area contributed by atoms with Crippen LogP contribution >= 0.6 is 0 Å². The van der Waals surface area contributed by atoms with E-state index in [9.17, 15) is 4.79 Å². The minimum atomic E-state index is 0.175. The number of amides is 1. The van der Waals surface area contributed by atoms with Crippen LogP contribution in [0.15, 0.2) is 18.5 Å². The maximum absolute atomic E-state index is 12.5. The summed E-state index contributed by atoms with van der Waals surface area (Å²) in [5.41, 5.74) is 0. The normalized spacial score (nSPS) is 15.8. The largest absolute Gasteiger partial charge is 0.341 e. The number of tetrazole rings is 1. The summed E-state index contributed by atoms with van der Waals surface area (Å²) < 4.78 is 3.70. The Morgan fingerprint density at radius 1 is 1.29 bits per heavy atom. The van der Waals surface area contributed by atoms with Crippen molar-refractivity contribution in [3.8, 4) is 0 Å². The van der Waals surface area contributed by atoms with Gasteiger partial charge in [0.05, 0.1) is 13.1 Å². The van der Waals surface area contributed by atoms with Gasteiger partial charge in [0.25, 0.3) is 0 Å². The molecule has 1 fully saturated rings. The Balaban J connectivity index is 1.41. The van der Waals surface area contributed by atoms with Gasteiger partial charge < -0.3 is 4.90 Å². The molecular formula is C19H32N8O. The lowest BCUT2D eigenvalue weighted by atomic mass is 9.99. The number of rotatable bonds is 10. The predicted molar refractivity (Wildman–Crippen MR) is 105 cm³/mol. The van der Waals surface area contributed by atoms with E-state index in [-0.39, 0.29) is 5.91 Å². The molecule has 0 spiro atoms. The van der Waals surface area contributed by atoms with Gasteiger partial charge in [-0.25, -0.2) is 4.68 Å². The number of hydrogen-bond acceptors (Lipinski definition) is 6. The van der Waals surface area contributed by atoms with E-state index in [0.29, 0.717) is 26.1 Å². The third-order valence-electron chi connectivity index (χ3n) is 5.50. The van der Waals surface area contributed by atoms with Crippen molar-refractivity contribution in [2.45, 2.75) is 59.2 Å². The number of likely N-dealkylation sites (tertiary alicyclic amines) is 1. The lowest BCUT2D eigenvalue weighted by Crippen LogP contribution is -2.34. The zero-order valence-corrected chi connectivity index (χ0v) is 17.1. The summed E-state index contributed by atoms with van der Waals surface area (Å²) in [4.78, 5) is 16.8. The van der Waals surface area contributed by atoms with E-state index in [2.05, 4.69) is 32.4 Å². The molecule has 0 atom stereocenters. The second-order valence-corrected chi connectivity index (χ2v) is 7.62. The molecule has 2 aromatic heterocycles. The molecule has 0 aliphatic carbocycles. The summed E-state index contributed by atoms with van der Waals surface area (Å²) in [6, 6.07) is 1.90. The number of piperidine rings is 1. The molecule has 9 heteroatoms. The first-order valence-corrected chi connectivity index (χ1v) is 10.4. The molecule has 3 rings (SSSR count). The Morgan fingerprint density at radius 3 is 2.82 bits per heavy atom. The molecule has 1 amide bonds. The molecule has 1 aliphatic heterocycles. The molecular weight excluding hydrogens is 356 g/mol. The first kappa shape index (κ1) is 20.4. The van der Waals surface area contributed by atoms with Gasteiger partial charge in [0, 0.05) is 38.4 Å². The SMILES string of the molecule is CCN(CCn1cccn1)C(=O)CCCn1nnnc1CN1CCC(C)CC1. The van der Waals surface area contributed by atoms with E-state index in [1.165, 1.54) is 12.8 Å². The number of nitrogens with zero attached hydrogens (tertiary/aromatic N) is 8. The fourth-order valence-corrected chi connectivity index (χ4v) is 3.58. The van der Waals surface area contributed by atoms with Crippen molar-refractivity contribution >= 4 is 5.91 Å². The van der Waals surface area contributed by atoms with Crippen molar-refractivity contribution in [1.82, 2.24) is 39.8 Å². The van der Waals surface area contributed by atoms with Crippen LogP contribution in [0.2, 0.25) is 0 Å². The van der Waals surface area contributed by atoms with E-state index in [0.717, 1.165) is 44.3 Å². The molecule has 0 unspecified atom stereocenters. The van der Waals surface area contributed by atoms with Gasteiger partial charge in [-0.15, -0.1) is 5.10 Å². The highest BCUT2D eigenvalue weighted by Gasteiger charge is 2.18. The average Bonchev–Trinajstić information content (AvgIpc) is 3.36. The summed E-state index contributed by atoms with van der Waals surface area (Å²) in [6.07, 6.45) is 7.40. The minimum absolute atomic E-state index is 0.175. The number of hydrogen-bond donors (Lipinski definition) is 0. The van der Waals surface area contributed by atoms with Crippen LogP contribution in [0.25, 0.3) is 0 Å². The van der Waals surface area contributed by atoms with E-state index in [1.807, 2.05) is 33.5 Å².